The van der Waals surface area contributed by atoms with E-state index < -0.39 is 19.9 Å². The van der Waals surface area contributed by atoms with Crippen molar-refractivity contribution < 1.29 is 31.1 Å². The number of carbonyl (C=O) groups excluding carboxylic acids is 1. The van der Waals surface area contributed by atoms with Crippen molar-refractivity contribution in [2.24, 2.45) is 0 Å². The average molecular weight is 498 g/mol. The van der Waals surface area contributed by atoms with Gasteiger partial charge in [0.05, 0.1) is 30.6 Å². The van der Waals surface area contributed by atoms with Gasteiger partial charge in [-0.1, -0.05) is 6.07 Å². The highest BCUT2D eigenvalue weighted by molar-refractivity contribution is 7.90. The number of rotatable bonds is 8. The molecule has 180 valence electrons. The largest absolute Gasteiger partial charge is 0.493 e. The first-order valence-electron chi connectivity index (χ1n) is 10.1. The molecule has 0 spiro atoms. The van der Waals surface area contributed by atoms with Gasteiger partial charge in [0.25, 0.3) is 0 Å². The average Bonchev–Trinajstić information content (AvgIpc) is 2.78. The molecule has 1 heterocycles. The van der Waals surface area contributed by atoms with Crippen LogP contribution in [0.15, 0.2) is 52.3 Å². The summed E-state index contributed by atoms with van der Waals surface area (Å²) in [4.78, 5) is 14.5. The van der Waals surface area contributed by atoms with E-state index in [0.29, 0.717) is 30.3 Å². The summed E-state index contributed by atoms with van der Waals surface area (Å²) in [6, 6.07) is 10.5. The Morgan fingerprint density at radius 2 is 1.58 bits per heavy atom. The maximum Gasteiger partial charge on any atom is 0.243 e. The molecule has 0 atom stereocenters. The van der Waals surface area contributed by atoms with Gasteiger partial charge in [0.1, 0.15) is 0 Å². The van der Waals surface area contributed by atoms with Gasteiger partial charge in [0, 0.05) is 44.2 Å². The first kappa shape index (κ1) is 25.0. The van der Waals surface area contributed by atoms with E-state index >= 15 is 0 Å². The molecule has 1 amide bonds. The second-order valence-corrected chi connectivity index (χ2v) is 11.5. The van der Waals surface area contributed by atoms with Gasteiger partial charge in [-0.25, -0.2) is 16.8 Å². The van der Waals surface area contributed by atoms with Crippen LogP contribution in [0.4, 0.5) is 5.69 Å². The van der Waals surface area contributed by atoms with Crippen molar-refractivity contribution in [1.29, 1.82) is 0 Å². The number of hydrogen-bond acceptors (Lipinski definition) is 8. The minimum absolute atomic E-state index is 0.0628. The van der Waals surface area contributed by atoms with E-state index in [4.69, 9.17) is 9.47 Å². The summed E-state index contributed by atoms with van der Waals surface area (Å²) in [5.74, 6) is 0.458. The third kappa shape index (κ3) is 6.02. The number of anilines is 1. The monoisotopic (exact) mass is 497 g/mol. The highest BCUT2D eigenvalue weighted by Crippen LogP contribution is 2.30. The molecule has 1 saturated heterocycles. The van der Waals surface area contributed by atoms with Crippen molar-refractivity contribution >= 4 is 31.5 Å². The second kappa shape index (κ2) is 10.1. The molecule has 0 unspecified atom stereocenters. The number of methoxy groups -OCH3 is 2. The van der Waals surface area contributed by atoms with Crippen molar-refractivity contribution in [2.45, 2.75) is 9.79 Å². The summed E-state index contributed by atoms with van der Waals surface area (Å²) in [5, 5.41) is 2.69. The van der Waals surface area contributed by atoms with E-state index in [9.17, 15) is 21.6 Å². The Bertz CT molecular complexity index is 1220. The highest BCUT2D eigenvalue weighted by atomic mass is 32.2. The van der Waals surface area contributed by atoms with Crippen molar-refractivity contribution in [2.75, 3.05) is 58.5 Å². The second-order valence-electron chi connectivity index (χ2n) is 7.55. The van der Waals surface area contributed by atoms with Crippen molar-refractivity contribution in [3.8, 4) is 11.5 Å². The molecule has 33 heavy (non-hydrogen) atoms. The molecule has 2 aromatic carbocycles. The number of nitrogens with zero attached hydrogens (tertiary/aromatic N) is 2. The van der Waals surface area contributed by atoms with E-state index in [-0.39, 0.29) is 35.3 Å². The van der Waals surface area contributed by atoms with E-state index in [1.54, 1.807) is 18.2 Å². The summed E-state index contributed by atoms with van der Waals surface area (Å²) in [7, 11) is -4.19. The van der Waals surface area contributed by atoms with E-state index in [0.717, 1.165) is 6.26 Å². The summed E-state index contributed by atoms with van der Waals surface area (Å²) in [6.07, 6.45) is 1.10. The number of sulfone groups is 1. The molecule has 1 aliphatic heterocycles. The molecular weight excluding hydrogens is 470 g/mol. The van der Waals surface area contributed by atoms with Crippen LogP contribution in [-0.2, 0) is 24.7 Å². The number of piperazine rings is 1. The molecule has 1 N–H and O–H groups in total. The van der Waals surface area contributed by atoms with Crippen molar-refractivity contribution in [3.63, 3.8) is 0 Å². The van der Waals surface area contributed by atoms with Crippen LogP contribution in [0.3, 0.4) is 0 Å². The third-order valence-electron chi connectivity index (χ3n) is 5.24. The standard InChI is InChI=1S/C21H27N3O7S2/c1-30-19-8-7-18(14-20(19)31-2)33(28,29)24-11-9-23(10-12-24)15-21(25)22-16-5-4-6-17(13-16)32(3,26)27/h4-8,13-14H,9-12,15H2,1-3H3,(H,22,25). The van der Waals surface area contributed by atoms with Gasteiger partial charge in [-0.3, -0.25) is 9.69 Å². The molecular formula is C21H27N3O7S2. The van der Waals surface area contributed by atoms with Gasteiger partial charge in [-0.15, -0.1) is 0 Å². The van der Waals surface area contributed by atoms with Gasteiger partial charge in [-0.05, 0) is 30.3 Å². The highest BCUT2D eigenvalue weighted by Gasteiger charge is 2.30. The van der Waals surface area contributed by atoms with Gasteiger partial charge < -0.3 is 14.8 Å². The smallest absolute Gasteiger partial charge is 0.243 e. The topological polar surface area (TPSA) is 122 Å². The zero-order valence-corrected chi connectivity index (χ0v) is 20.3. The van der Waals surface area contributed by atoms with Crippen molar-refractivity contribution in [3.05, 3.63) is 42.5 Å². The van der Waals surface area contributed by atoms with Crippen LogP contribution >= 0.6 is 0 Å². The summed E-state index contributed by atoms with van der Waals surface area (Å²) < 4.78 is 61.1. The van der Waals surface area contributed by atoms with Gasteiger partial charge >= 0.3 is 0 Å². The molecule has 2 aromatic rings. The summed E-state index contributed by atoms with van der Waals surface area (Å²) in [6.45, 7) is 1.28. The van der Waals surface area contributed by atoms with Crippen LogP contribution in [0.25, 0.3) is 0 Å². The molecule has 1 aliphatic rings. The minimum Gasteiger partial charge on any atom is -0.493 e. The lowest BCUT2D eigenvalue weighted by Gasteiger charge is -2.33. The van der Waals surface area contributed by atoms with Crippen LogP contribution < -0.4 is 14.8 Å². The number of nitrogens with one attached hydrogen (secondary N) is 1. The van der Waals surface area contributed by atoms with Crippen LogP contribution in [-0.4, -0.2) is 85.1 Å². The van der Waals surface area contributed by atoms with Crippen LogP contribution in [0, 0.1) is 0 Å². The zero-order valence-electron chi connectivity index (χ0n) is 18.6. The predicted molar refractivity (Wildman–Crippen MR) is 123 cm³/mol. The Balaban J connectivity index is 1.59. The fraction of sp³-hybridized carbons (Fsp3) is 0.381. The number of hydrogen-bond donors (Lipinski definition) is 1. The van der Waals surface area contributed by atoms with E-state index in [1.807, 2.05) is 4.90 Å². The van der Waals surface area contributed by atoms with Crippen LogP contribution in [0.2, 0.25) is 0 Å². The maximum atomic E-state index is 13.0. The predicted octanol–water partition coefficient (Wildman–Crippen LogP) is 1.05. The molecule has 1 fully saturated rings. The lowest BCUT2D eigenvalue weighted by Crippen LogP contribution is -2.50. The molecule has 3 rings (SSSR count). The Hall–Kier alpha value is -2.67. The molecule has 0 aromatic heterocycles. The van der Waals surface area contributed by atoms with Gasteiger partial charge in [0.15, 0.2) is 21.3 Å². The van der Waals surface area contributed by atoms with Crippen molar-refractivity contribution in [1.82, 2.24) is 9.21 Å². The SMILES string of the molecule is COc1ccc(S(=O)(=O)N2CCN(CC(=O)Nc3cccc(S(C)(=O)=O)c3)CC2)cc1OC. The molecule has 0 radical (unpaired) electrons. The quantitative estimate of drug-likeness (QED) is 0.574. The number of ether oxygens (including phenoxy) is 2. The Kier molecular flexibility index (Phi) is 7.62. The third-order valence-corrected chi connectivity index (χ3v) is 8.24. The number of benzene rings is 2. The number of carbonyl (C=O) groups is 1. The summed E-state index contributed by atoms with van der Waals surface area (Å²) >= 11 is 0. The maximum absolute atomic E-state index is 13.0. The normalized spacial score (nSPS) is 15.7. The molecule has 0 aliphatic carbocycles. The lowest BCUT2D eigenvalue weighted by atomic mass is 10.3. The first-order valence-corrected chi connectivity index (χ1v) is 13.4. The lowest BCUT2D eigenvalue weighted by molar-refractivity contribution is -0.117. The summed E-state index contributed by atoms with van der Waals surface area (Å²) in [5.41, 5.74) is 0.387. The van der Waals surface area contributed by atoms with E-state index in [1.165, 1.54) is 42.8 Å². The molecule has 12 heteroatoms. The van der Waals surface area contributed by atoms with Crippen LogP contribution in [0.1, 0.15) is 0 Å². The van der Waals surface area contributed by atoms with Crippen LogP contribution in [0.5, 0.6) is 11.5 Å². The number of sulfonamides is 1. The molecule has 0 saturated carbocycles. The Morgan fingerprint density at radius 3 is 2.18 bits per heavy atom. The molecule has 0 bridgehead atoms. The first-order chi connectivity index (χ1) is 15.5. The zero-order chi connectivity index (χ0) is 24.2. The fourth-order valence-electron chi connectivity index (χ4n) is 3.46. The Morgan fingerprint density at radius 1 is 0.909 bits per heavy atom. The van der Waals surface area contributed by atoms with Gasteiger partial charge in [0.2, 0.25) is 15.9 Å². The fourth-order valence-corrected chi connectivity index (χ4v) is 5.57. The molecule has 10 nitrogen and oxygen atoms in total. The Labute approximate surface area is 194 Å². The minimum atomic E-state index is -3.73. The van der Waals surface area contributed by atoms with Gasteiger partial charge in [-0.2, -0.15) is 4.31 Å². The number of amides is 1. The van der Waals surface area contributed by atoms with E-state index in [2.05, 4.69) is 5.32 Å².